The zero-order chi connectivity index (χ0) is 18.9. The van der Waals surface area contributed by atoms with Gasteiger partial charge in [-0.2, -0.15) is 0 Å². The highest BCUT2D eigenvalue weighted by atomic mass is 35.5. The van der Waals surface area contributed by atoms with Crippen LogP contribution in [0, 0.1) is 5.82 Å². The van der Waals surface area contributed by atoms with E-state index in [0.717, 1.165) is 42.1 Å². The molecule has 0 saturated heterocycles. The van der Waals surface area contributed by atoms with Gasteiger partial charge in [-0.05, 0) is 67.4 Å². The summed E-state index contributed by atoms with van der Waals surface area (Å²) < 4.78 is 13.8. The van der Waals surface area contributed by atoms with Gasteiger partial charge in [-0.3, -0.25) is 4.90 Å². The van der Waals surface area contributed by atoms with Gasteiger partial charge in [-0.1, -0.05) is 37.1 Å². The Morgan fingerprint density at radius 3 is 2.54 bits per heavy atom. The first-order valence-electron chi connectivity index (χ1n) is 9.24. The Kier molecular flexibility index (Phi) is 8.36. The van der Waals surface area contributed by atoms with Gasteiger partial charge in [0.05, 0.1) is 0 Å². The molecule has 2 aromatic rings. The Balaban J connectivity index is 2.33. The van der Waals surface area contributed by atoms with Gasteiger partial charge in [0.15, 0.2) is 0 Å². The van der Waals surface area contributed by atoms with E-state index in [1.54, 1.807) is 12.1 Å². The van der Waals surface area contributed by atoms with Crippen LogP contribution < -0.4 is 11.1 Å². The van der Waals surface area contributed by atoms with Crippen molar-refractivity contribution in [3.8, 4) is 0 Å². The first kappa shape index (κ1) is 20.7. The minimum atomic E-state index is -0.212. The molecule has 142 valence electrons. The van der Waals surface area contributed by atoms with Crippen molar-refractivity contribution in [1.82, 2.24) is 4.90 Å². The summed E-state index contributed by atoms with van der Waals surface area (Å²) in [6, 6.07) is 13.0. The number of anilines is 1. The predicted octanol–water partition coefficient (Wildman–Crippen LogP) is 5.21. The molecule has 0 saturated carbocycles. The van der Waals surface area contributed by atoms with Crippen molar-refractivity contribution in [2.75, 3.05) is 25.5 Å². The number of hydrogen-bond donors (Lipinski definition) is 2. The average Bonchev–Trinajstić information content (AvgIpc) is 2.64. The van der Waals surface area contributed by atoms with Crippen molar-refractivity contribution < 1.29 is 4.39 Å². The van der Waals surface area contributed by atoms with Gasteiger partial charge in [0.1, 0.15) is 5.82 Å². The molecule has 0 heterocycles. The number of nitrogens with zero attached hydrogens (tertiary/aromatic N) is 1. The van der Waals surface area contributed by atoms with Crippen LogP contribution in [0.2, 0.25) is 5.02 Å². The van der Waals surface area contributed by atoms with Crippen LogP contribution in [0.5, 0.6) is 0 Å². The lowest BCUT2D eigenvalue weighted by molar-refractivity contribution is 0.177. The maximum absolute atomic E-state index is 13.8. The first-order valence-corrected chi connectivity index (χ1v) is 9.62. The molecular weight excluding hydrogens is 349 g/mol. The van der Waals surface area contributed by atoms with E-state index in [1.807, 2.05) is 19.2 Å². The van der Waals surface area contributed by atoms with Gasteiger partial charge in [-0.15, -0.1) is 0 Å². The van der Waals surface area contributed by atoms with Crippen molar-refractivity contribution in [3.05, 3.63) is 64.4 Å². The molecule has 0 unspecified atom stereocenters. The molecule has 0 amide bonds. The average molecular weight is 378 g/mol. The smallest absolute Gasteiger partial charge is 0.123 e. The number of halogens is 2. The van der Waals surface area contributed by atoms with Crippen LogP contribution in [0.25, 0.3) is 0 Å². The Hall–Kier alpha value is -1.62. The molecule has 0 bridgehead atoms. The quantitative estimate of drug-likeness (QED) is 0.597. The molecular formula is C21H29ClFN3. The molecule has 0 fully saturated rings. The summed E-state index contributed by atoms with van der Waals surface area (Å²) in [4.78, 5) is 2.40. The van der Waals surface area contributed by atoms with Crippen molar-refractivity contribution in [2.24, 2.45) is 5.73 Å². The van der Waals surface area contributed by atoms with Crippen molar-refractivity contribution in [2.45, 2.75) is 38.8 Å². The fourth-order valence-electron chi connectivity index (χ4n) is 3.26. The van der Waals surface area contributed by atoms with Crippen molar-refractivity contribution >= 4 is 17.3 Å². The van der Waals surface area contributed by atoms with Gasteiger partial charge in [0, 0.05) is 30.3 Å². The van der Waals surface area contributed by atoms with Gasteiger partial charge < -0.3 is 11.1 Å². The fourth-order valence-corrected chi connectivity index (χ4v) is 3.39. The molecule has 5 heteroatoms. The van der Waals surface area contributed by atoms with Crippen LogP contribution in [0.4, 0.5) is 10.1 Å². The van der Waals surface area contributed by atoms with Crippen LogP contribution in [-0.4, -0.2) is 25.0 Å². The molecule has 2 aromatic carbocycles. The monoisotopic (exact) mass is 377 g/mol. The van der Waals surface area contributed by atoms with Crippen LogP contribution in [0.1, 0.15) is 43.4 Å². The number of rotatable bonds is 10. The third kappa shape index (κ3) is 5.70. The van der Waals surface area contributed by atoms with E-state index in [0.29, 0.717) is 13.1 Å². The summed E-state index contributed by atoms with van der Waals surface area (Å²) in [6.07, 6.45) is 3.03. The molecule has 0 spiro atoms. The zero-order valence-corrected chi connectivity index (χ0v) is 16.4. The Labute approximate surface area is 161 Å². The van der Waals surface area contributed by atoms with Crippen molar-refractivity contribution in [3.63, 3.8) is 0 Å². The third-order valence-electron chi connectivity index (χ3n) is 4.64. The number of benzene rings is 2. The van der Waals surface area contributed by atoms with Gasteiger partial charge in [0.25, 0.3) is 0 Å². The van der Waals surface area contributed by atoms with E-state index >= 15 is 0 Å². The lowest BCUT2D eigenvalue weighted by atomic mass is 10.00. The van der Waals surface area contributed by atoms with E-state index in [4.69, 9.17) is 17.3 Å². The highest BCUT2D eigenvalue weighted by Gasteiger charge is 2.21. The van der Waals surface area contributed by atoms with E-state index in [9.17, 15) is 4.39 Å². The maximum atomic E-state index is 13.8. The topological polar surface area (TPSA) is 41.3 Å². The second-order valence-electron chi connectivity index (χ2n) is 6.52. The second-order valence-corrected chi connectivity index (χ2v) is 6.96. The molecule has 0 aliphatic rings. The minimum absolute atomic E-state index is 0.178. The SMILES string of the molecule is CCCCN(Cc1cc(F)ccc1NC)[C@H](CCN)c1ccc(Cl)cc1. The molecule has 26 heavy (non-hydrogen) atoms. The standard InChI is InChI=1S/C21H29ClFN3/c1-3-4-13-26(15-17-14-19(23)9-10-20(17)25-2)21(11-12-24)16-5-7-18(22)8-6-16/h5-10,14,21,25H,3-4,11-13,15,24H2,1-2H3/t21-/m1/s1. The van der Waals surface area contributed by atoms with Crippen LogP contribution in [0.15, 0.2) is 42.5 Å². The van der Waals surface area contributed by atoms with Crippen LogP contribution >= 0.6 is 11.6 Å². The van der Waals surface area contributed by atoms with E-state index in [-0.39, 0.29) is 11.9 Å². The summed E-state index contributed by atoms with van der Waals surface area (Å²) in [5.41, 5.74) is 9.02. The van der Waals surface area contributed by atoms with Gasteiger partial charge in [-0.25, -0.2) is 4.39 Å². The highest BCUT2D eigenvalue weighted by molar-refractivity contribution is 6.30. The number of nitrogens with one attached hydrogen (secondary N) is 1. The fraction of sp³-hybridized carbons (Fsp3) is 0.429. The first-order chi connectivity index (χ1) is 12.6. The van der Waals surface area contributed by atoms with Gasteiger partial charge >= 0.3 is 0 Å². The number of unbranched alkanes of at least 4 members (excludes halogenated alkanes) is 1. The van der Waals surface area contributed by atoms with Crippen molar-refractivity contribution in [1.29, 1.82) is 0 Å². The Bertz CT molecular complexity index is 675. The largest absolute Gasteiger partial charge is 0.388 e. The van der Waals surface area contributed by atoms with Crippen LogP contribution in [-0.2, 0) is 6.54 Å². The van der Waals surface area contributed by atoms with E-state index in [1.165, 1.54) is 11.6 Å². The molecule has 2 rings (SSSR count). The molecule has 0 radical (unpaired) electrons. The molecule has 1 atom stereocenters. The van der Waals surface area contributed by atoms with E-state index in [2.05, 4.69) is 29.3 Å². The predicted molar refractivity (Wildman–Crippen MR) is 109 cm³/mol. The van der Waals surface area contributed by atoms with E-state index < -0.39 is 0 Å². The number of nitrogens with two attached hydrogens (primary N) is 1. The molecule has 0 aliphatic heterocycles. The summed E-state index contributed by atoms with van der Waals surface area (Å²) >= 11 is 6.06. The maximum Gasteiger partial charge on any atom is 0.123 e. The second kappa shape index (κ2) is 10.5. The number of hydrogen-bond acceptors (Lipinski definition) is 3. The normalized spacial score (nSPS) is 12.4. The zero-order valence-electron chi connectivity index (χ0n) is 15.6. The Morgan fingerprint density at radius 2 is 1.92 bits per heavy atom. The van der Waals surface area contributed by atoms with Crippen LogP contribution in [0.3, 0.4) is 0 Å². The lowest BCUT2D eigenvalue weighted by Crippen LogP contribution is -2.31. The third-order valence-corrected chi connectivity index (χ3v) is 4.90. The molecule has 3 nitrogen and oxygen atoms in total. The summed E-state index contributed by atoms with van der Waals surface area (Å²) in [7, 11) is 1.86. The molecule has 0 aliphatic carbocycles. The lowest BCUT2D eigenvalue weighted by Gasteiger charge is -2.33. The molecule has 0 aromatic heterocycles. The molecule has 3 N–H and O–H groups in total. The summed E-state index contributed by atoms with van der Waals surface area (Å²) in [6.45, 7) is 4.38. The summed E-state index contributed by atoms with van der Waals surface area (Å²) in [5.74, 6) is -0.212. The van der Waals surface area contributed by atoms with Gasteiger partial charge in [0.2, 0.25) is 0 Å². The Morgan fingerprint density at radius 1 is 1.19 bits per heavy atom. The highest BCUT2D eigenvalue weighted by Crippen LogP contribution is 2.29. The summed E-state index contributed by atoms with van der Waals surface area (Å²) in [5, 5.41) is 3.89. The minimum Gasteiger partial charge on any atom is -0.388 e.